The first-order chi connectivity index (χ1) is 8.22. The van der Waals surface area contributed by atoms with Crippen LogP contribution in [0, 0.1) is 22.0 Å². The van der Waals surface area contributed by atoms with Crippen LogP contribution in [0.15, 0.2) is 18.5 Å². The molecule has 0 aliphatic carbocycles. The SMILES string of the molecule is NCCC#Cc1cnc2[nH]cc([N+](=O)[O-])c2c1. The Hall–Kier alpha value is -2.39. The highest BCUT2D eigenvalue weighted by Gasteiger charge is 2.14. The second kappa shape index (κ2) is 4.63. The highest BCUT2D eigenvalue weighted by Crippen LogP contribution is 2.23. The third kappa shape index (κ3) is 2.24. The number of nitrogens with zero attached hydrogens (tertiary/aromatic N) is 2. The van der Waals surface area contributed by atoms with Crippen molar-refractivity contribution in [2.24, 2.45) is 5.73 Å². The molecule has 6 nitrogen and oxygen atoms in total. The molecule has 0 spiro atoms. The molecule has 0 atom stereocenters. The number of aromatic nitrogens is 2. The van der Waals surface area contributed by atoms with Gasteiger partial charge in [0.15, 0.2) is 0 Å². The molecule has 3 N–H and O–H groups in total. The summed E-state index contributed by atoms with van der Waals surface area (Å²) in [5, 5.41) is 11.2. The van der Waals surface area contributed by atoms with Crippen LogP contribution in [-0.4, -0.2) is 21.4 Å². The Morgan fingerprint density at radius 1 is 1.59 bits per heavy atom. The summed E-state index contributed by atoms with van der Waals surface area (Å²) in [6.07, 6.45) is 3.49. The van der Waals surface area contributed by atoms with Crippen molar-refractivity contribution in [2.45, 2.75) is 6.42 Å². The number of nitrogens with one attached hydrogen (secondary N) is 1. The maximum Gasteiger partial charge on any atom is 0.296 e. The summed E-state index contributed by atoms with van der Waals surface area (Å²) < 4.78 is 0. The second-order valence-electron chi connectivity index (χ2n) is 3.39. The summed E-state index contributed by atoms with van der Waals surface area (Å²) in [5.41, 5.74) is 6.46. The number of aromatic amines is 1. The fraction of sp³-hybridized carbons (Fsp3) is 0.182. The lowest BCUT2D eigenvalue weighted by Crippen LogP contribution is -1.95. The van der Waals surface area contributed by atoms with Crippen LogP contribution >= 0.6 is 0 Å². The van der Waals surface area contributed by atoms with E-state index >= 15 is 0 Å². The van der Waals surface area contributed by atoms with Crippen LogP contribution in [0.1, 0.15) is 12.0 Å². The Morgan fingerprint density at radius 3 is 3.12 bits per heavy atom. The number of hydrogen-bond acceptors (Lipinski definition) is 4. The standard InChI is InChI=1S/C11H10N4O2/c12-4-2-1-3-8-5-9-10(15(16)17)7-14-11(9)13-6-8/h5-7H,2,4,12H2,(H,13,14). The van der Waals surface area contributed by atoms with Crippen molar-refractivity contribution in [1.29, 1.82) is 0 Å². The largest absolute Gasteiger partial charge is 0.340 e. The molecule has 0 aliphatic heterocycles. The Labute approximate surface area is 97.0 Å². The van der Waals surface area contributed by atoms with E-state index in [1.807, 2.05) is 0 Å². The van der Waals surface area contributed by atoms with Crippen molar-refractivity contribution in [1.82, 2.24) is 9.97 Å². The third-order valence-electron chi connectivity index (χ3n) is 2.21. The van der Waals surface area contributed by atoms with E-state index in [4.69, 9.17) is 5.73 Å². The third-order valence-corrected chi connectivity index (χ3v) is 2.21. The predicted molar refractivity (Wildman–Crippen MR) is 63.3 cm³/mol. The van der Waals surface area contributed by atoms with Gasteiger partial charge in [-0.1, -0.05) is 11.8 Å². The second-order valence-corrected chi connectivity index (χ2v) is 3.39. The van der Waals surface area contributed by atoms with Crippen LogP contribution in [0.4, 0.5) is 5.69 Å². The van der Waals surface area contributed by atoms with Crippen molar-refractivity contribution in [3.63, 3.8) is 0 Å². The van der Waals surface area contributed by atoms with Gasteiger partial charge in [0, 0.05) is 24.7 Å². The molecule has 6 heteroatoms. The summed E-state index contributed by atoms with van der Waals surface area (Å²) in [6, 6.07) is 1.65. The van der Waals surface area contributed by atoms with Crippen molar-refractivity contribution in [3.8, 4) is 11.8 Å². The molecular weight excluding hydrogens is 220 g/mol. The molecule has 0 saturated carbocycles. The number of nitrogens with two attached hydrogens (primary N) is 1. The topological polar surface area (TPSA) is 97.8 Å². The molecule has 17 heavy (non-hydrogen) atoms. The van der Waals surface area contributed by atoms with Gasteiger partial charge in [-0.25, -0.2) is 4.98 Å². The summed E-state index contributed by atoms with van der Waals surface area (Å²) >= 11 is 0. The number of hydrogen-bond donors (Lipinski definition) is 2. The summed E-state index contributed by atoms with van der Waals surface area (Å²) in [5.74, 6) is 5.73. The molecule has 0 aromatic carbocycles. The van der Waals surface area contributed by atoms with E-state index in [0.29, 0.717) is 29.6 Å². The lowest BCUT2D eigenvalue weighted by atomic mass is 10.2. The van der Waals surface area contributed by atoms with Gasteiger partial charge in [-0.05, 0) is 6.07 Å². The smallest absolute Gasteiger partial charge is 0.296 e. The molecule has 0 amide bonds. The van der Waals surface area contributed by atoms with Gasteiger partial charge in [0.05, 0.1) is 16.5 Å². The minimum atomic E-state index is -0.447. The number of H-pyrrole nitrogens is 1. The maximum absolute atomic E-state index is 10.8. The van der Waals surface area contributed by atoms with Crippen LogP contribution in [0.2, 0.25) is 0 Å². The van der Waals surface area contributed by atoms with E-state index in [1.54, 1.807) is 12.3 Å². The molecule has 2 rings (SSSR count). The molecule has 0 radical (unpaired) electrons. The van der Waals surface area contributed by atoms with Crippen LogP contribution in [0.25, 0.3) is 11.0 Å². The van der Waals surface area contributed by atoms with Gasteiger partial charge in [0.1, 0.15) is 5.65 Å². The molecule has 0 fully saturated rings. The van der Waals surface area contributed by atoms with Crippen LogP contribution in [-0.2, 0) is 0 Å². The van der Waals surface area contributed by atoms with Gasteiger partial charge in [-0.15, -0.1) is 0 Å². The van der Waals surface area contributed by atoms with Crippen molar-refractivity contribution >= 4 is 16.7 Å². The monoisotopic (exact) mass is 230 g/mol. The molecular formula is C11H10N4O2. The minimum absolute atomic E-state index is 0.00924. The highest BCUT2D eigenvalue weighted by atomic mass is 16.6. The van der Waals surface area contributed by atoms with E-state index in [2.05, 4.69) is 21.8 Å². The van der Waals surface area contributed by atoms with Crippen molar-refractivity contribution in [2.75, 3.05) is 6.54 Å². The first-order valence-electron chi connectivity index (χ1n) is 5.03. The fourth-order valence-corrected chi connectivity index (χ4v) is 1.45. The van der Waals surface area contributed by atoms with Crippen LogP contribution in [0.5, 0.6) is 0 Å². The molecule has 2 aromatic heterocycles. The van der Waals surface area contributed by atoms with Gasteiger partial charge in [0.25, 0.3) is 5.69 Å². The average Bonchev–Trinajstić information content (AvgIpc) is 2.72. The normalized spacial score (nSPS) is 9.94. The van der Waals surface area contributed by atoms with Crippen LogP contribution in [0.3, 0.4) is 0 Å². The van der Waals surface area contributed by atoms with E-state index in [1.165, 1.54) is 6.20 Å². The zero-order chi connectivity index (χ0) is 12.3. The quantitative estimate of drug-likeness (QED) is 0.459. The molecule has 0 unspecified atom stereocenters. The van der Waals surface area contributed by atoms with E-state index in [-0.39, 0.29) is 5.69 Å². The summed E-state index contributed by atoms with van der Waals surface area (Å²) in [4.78, 5) is 17.1. The van der Waals surface area contributed by atoms with Gasteiger partial charge >= 0.3 is 0 Å². The first kappa shape index (κ1) is 11.1. The minimum Gasteiger partial charge on any atom is -0.340 e. The van der Waals surface area contributed by atoms with E-state index in [0.717, 1.165) is 0 Å². The number of fused-ring (bicyclic) bond motifs is 1. The van der Waals surface area contributed by atoms with Gasteiger partial charge < -0.3 is 10.7 Å². The Bertz CT molecular complexity index is 621. The molecule has 2 aromatic rings. The zero-order valence-corrected chi connectivity index (χ0v) is 8.93. The van der Waals surface area contributed by atoms with E-state index in [9.17, 15) is 10.1 Å². The van der Waals surface area contributed by atoms with Gasteiger partial charge in [-0.2, -0.15) is 0 Å². The number of rotatable bonds is 2. The summed E-state index contributed by atoms with van der Waals surface area (Å²) in [6.45, 7) is 0.493. The van der Waals surface area contributed by atoms with Gasteiger partial charge in [0.2, 0.25) is 0 Å². The predicted octanol–water partition coefficient (Wildman–Crippen LogP) is 1.17. The highest BCUT2D eigenvalue weighted by molar-refractivity contribution is 5.86. The number of pyridine rings is 1. The Morgan fingerprint density at radius 2 is 2.41 bits per heavy atom. The van der Waals surface area contributed by atoms with Crippen LogP contribution < -0.4 is 5.73 Å². The Balaban J connectivity index is 2.45. The number of nitro groups is 1. The molecule has 0 saturated heterocycles. The lowest BCUT2D eigenvalue weighted by Gasteiger charge is -1.91. The average molecular weight is 230 g/mol. The van der Waals surface area contributed by atoms with E-state index < -0.39 is 4.92 Å². The zero-order valence-electron chi connectivity index (χ0n) is 8.93. The molecule has 2 heterocycles. The first-order valence-corrected chi connectivity index (χ1v) is 5.03. The Kier molecular flexibility index (Phi) is 3.03. The van der Waals surface area contributed by atoms with Gasteiger partial charge in [-0.3, -0.25) is 10.1 Å². The van der Waals surface area contributed by atoms with Crippen molar-refractivity contribution in [3.05, 3.63) is 34.1 Å². The molecule has 86 valence electrons. The molecule has 0 bridgehead atoms. The van der Waals surface area contributed by atoms with Crippen molar-refractivity contribution < 1.29 is 4.92 Å². The summed E-state index contributed by atoms with van der Waals surface area (Å²) in [7, 11) is 0. The molecule has 0 aliphatic rings. The fourth-order valence-electron chi connectivity index (χ4n) is 1.45. The lowest BCUT2D eigenvalue weighted by molar-refractivity contribution is -0.383. The maximum atomic E-state index is 10.8.